The summed E-state index contributed by atoms with van der Waals surface area (Å²) in [4.78, 5) is 19.2. The molecule has 1 fully saturated rings. The highest BCUT2D eigenvalue weighted by molar-refractivity contribution is 5.10. The summed E-state index contributed by atoms with van der Waals surface area (Å²) in [5, 5.41) is 0. The minimum atomic E-state index is -0.364. The minimum Gasteiger partial charge on any atom is -0.367 e. The summed E-state index contributed by atoms with van der Waals surface area (Å²) in [5.41, 5.74) is 0.414. The van der Waals surface area contributed by atoms with Crippen molar-refractivity contribution in [3.63, 3.8) is 0 Å². The van der Waals surface area contributed by atoms with Gasteiger partial charge in [-0.15, -0.1) is 0 Å². The van der Waals surface area contributed by atoms with Crippen LogP contribution in [0.5, 0.6) is 0 Å². The Morgan fingerprint density at radius 1 is 1.33 bits per heavy atom. The highest BCUT2D eigenvalue weighted by Crippen LogP contribution is 2.38. The van der Waals surface area contributed by atoms with Gasteiger partial charge in [-0.2, -0.15) is 0 Å². The molecule has 0 radical (unpaired) electrons. The molecule has 0 bridgehead atoms. The van der Waals surface area contributed by atoms with Gasteiger partial charge in [0.15, 0.2) is 0 Å². The first-order valence-corrected chi connectivity index (χ1v) is 6.95. The van der Waals surface area contributed by atoms with Crippen molar-refractivity contribution in [2.24, 2.45) is 0 Å². The van der Waals surface area contributed by atoms with Gasteiger partial charge in [0.1, 0.15) is 11.4 Å². The standard InChI is InChI=1S/C14H22N2O2/c1-3-11-10-12(17)16-13(15-11)14(18-4-2)8-6-5-7-9-14/h10H,3-9H2,1-2H3,(H,15,16,17). The zero-order chi connectivity index (χ0) is 13.0. The van der Waals surface area contributed by atoms with Crippen LogP contribution in [0.25, 0.3) is 0 Å². The van der Waals surface area contributed by atoms with Gasteiger partial charge in [0, 0.05) is 18.4 Å². The predicted octanol–water partition coefficient (Wildman–Crippen LogP) is 2.53. The lowest BCUT2D eigenvalue weighted by molar-refractivity contribution is -0.0769. The van der Waals surface area contributed by atoms with Gasteiger partial charge in [0.25, 0.3) is 5.56 Å². The molecule has 4 nitrogen and oxygen atoms in total. The van der Waals surface area contributed by atoms with Gasteiger partial charge in [0.2, 0.25) is 0 Å². The fourth-order valence-corrected chi connectivity index (χ4v) is 2.75. The lowest BCUT2D eigenvalue weighted by atomic mass is 9.83. The van der Waals surface area contributed by atoms with Crippen molar-refractivity contribution in [3.8, 4) is 0 Å². The van der Waals surface area contributed by atoms with Crippen LogP contribution in [0.2, 0.25) is 0 Å². The van der Waals surface area contributed by atoms with Crippen LogP contribution in [-0.2, 0) is 16.8 Å². The van der Waals surface area contributed by atoms with Gasteiger partial charge in [-0.25, -0.2) is 4.98 Å². The van der Waals surface area contributed by atoms with E-state index in [9.17, 15) is 4.79 Å². The van der Waals surface area contributed by atoms with E-state index >= 15 is 0 Å². The third-order valence-corrected chi connectivity index (χ3v) is 3.67. The molecule has 0 saturated heterocycles. The molecule has 100 valence electrons. The molecule has 2 rings (SSSR count). The Balaban J connectivity index is 2.41. The molecule has 0 aliphatic heterocycles. The Bertz CT molecular complexity index is 442. The summed E-state index contributed by atoms with van der Waals surface area (Å²) in [5.74, 6) is 0.730. The van der Waals surface area contributed by atoms with Crippen LogP contribution in [0.4, 0.5) is 0 Å². The number of aromatic nitrogens is 2. The maximum absolute atomic E-state index is 11.7. The minimum absolute atomic E-state index is 0.0681. The van der Waals surface area contributed by atoms with Crippen molar-refractivity contribution < 1.29 is 4.74 Å². The predicted molar refractivity (Wildman–Crippen MR) is 70.6 cm³/mol. The Morgan fingerprint density at radius 2 is 2.06 bits per heavy atom. The number of aryl methyl sites for hydroxylation is 1. The maximum atomic E-state index is 11.7. The summed E-state index contributed by atoms with van der Waals surface area (Å²) < 4.78 is 5.98. The second kappa shape index (κ2) is 5.65. The number of hydrogen-bond acceptors (Lipinski definition) is 3. The highest BCUT2D eigenvalue weighted by Gasteiger charge is 2.37. The first-order valence-electron chi connectivity index (χ1n) is 6.95. The lowest BCUT2D eigenvalue weighted by Crippen LogP contribution is -2.36. The number of aromatic amines is 1. The topological polar surface area (TPSA) is 55.0 Å². The molecule has 1 aromatic rings. The van der Waals surface area contributed by atoms with Crippen molar-refractivity contribution in [1.29, 1.82) is 0 Å². The second-order valence-electron chi connectivity index (χ2n) is 4.93. The zero-order valence-electron chi connectivity index (χ0n) is 11.3. The average molecular weight is 250 g/mol. The summed E-state index contributed by atoms with van der Waals surface area (Å²) in [6.07, 6.45) is 6.21. The average Bonchev–Trinajstić information content (AvgIpc) is 2.39. The maximum Gasteiger partial charge on any atom is 0.251 e. The van der Waals surface area contributed by atoms with Crippen LogP contribution in [0.3, 0.4) is 0 Å². The van der Waals surface area contributed by atoms with Crippen molar-refractivity contribution >= 4 is 0 Å². The van der Waals surface area contributed by atoms with Gasteiger partial charge in [-0.1, -0.05) is 26.2 Å². The van der Waals surface area contributed by atoms with Crippen LogP contribution in [0.1, 0.15) is 57.5 Å². The van der Waals surface area contributed by atoms with Crippen LogP contribution in [0.15, 0.2) is 10.9 Å². The number of H-pyrrole nitrogens is 1. The lowest BCUT2D eigenvalue weighted by Gasteiger charge is -2.36. The molecule has 0 atom stereocenters. The first kappa shape index (κ1) is 13.3. The number of ether oxygens (including phenoxy) is 1. The van der Waals surface area contributed by atoms with Crippen molar-refractivity contribution in [2.45, 2.75) is 58.0 Å². The first-order chi connectivity index (χ1) is 8.70. The molecule has 1 aromatic heterocycles. The van der Waals surface area contributed by atoms with Crippen LogP contribution < -0.4 is 5.56 Å². The van der Waals surface area contributed by atoms with E-state index < -0.39 is 0 Å². The van der Waals surface area contributed by atoms with E-state index in [1.165, 1.54) is 6.42 Å². The van der Waals surface area contributed by atoms with Crippen molar-refractivity contribution in [2.75, 3.05) is 6.61 Å². The molecule has 0 spiro atoms. The van der Waals surface area contributed by atoms with Gasteiger partial charge in [-0.3, -0.25) is 4.79 Å². The molecule has 1 heterocycles. The van der Waals surface area contributed by atoms with Crippen LogP contribution in [-0.4, -0.2) is 16.6 Å². The molecule has 1 N–H and O–H groups in total. The third-order valence-electron chi connectivity index (χ3n) is 3.67. The number of nitrogens with one attached hydrogen (secondary N) is 1. The Kier molecular flexibility index (Phi) is 4.17. The smallest absolute Gasteiger partial charge is 0.251 e. The van der Waals surface area contributed by atoms with Gasteiger partial charge in [-0.05, 0) is 26.2 Å². The van der Waals surface area contributed by atoms with Crippen LogP contribution >= 0.6 is 0 Å². The summed E-state index contributed by atoms with van der Waals surface area (Å²) in [6, 6.07) is 1.58. The molecule has 0 amide bonds. The van der Waals surface area contributed by atoms with Crippen LogP contribution in [0, 0.1) is 0 Å². The second-order valence-corrected chi connectivity index (χ2v) is 4.93. The van der Waals surface area contributed by atoms with E-state index in [1.807, 2.05) is 13.8 Å². The summed E-state index contributed by atoms with van der Waals surface area (Å²) in [6.45, 7) is 4.66. The normalized spacial score (nSPS) is 18.8. The number of nitrogens with zero attached hydrogens (tertiary/aromatic N) is 1. The molecule has 18 heavy (non-hydrogen) atoms. The monoisotopic (exact) mass is 250 g/mol. The zero-order valence-corrected chi connectivity index (χ0v) is 11.3. The van der Waals surface area contributed by atoms with Crippen molar-refractivity contribution in [1.82, 2.24) is 9.97 Å². The molecule has 1 aliphatic rings. The number of rotatable bonds is 4. The van der Waals surface area contributed by atoms with E-state index in [-0.39, 0.29) is 11.2 Å². The summed E-state index contributed by atoms with van der Waals surface area (Å²) in [7, 11) is 0. The number of hydrogen-bond donors (Lipinski definition) is 1. The van der Waals surface area contributed by atoms with Crippen molar-refractivity contribution in [3.05, 3.63) is 27.9 Å². The largest absolute Gasteiger partial charge is 0.367 e. The molecule has 4 heteroatoms. The molecular weight excluding hydrogens is 228 g/mol. The van der Waals surface area contributed by atoms with Gasteiger partial charge < -0.3 is 9.72 Å². The fourth-order valence-electron chi connectivity index (χ4n) is 2.75. The molecule has 1 saturated carbocycles. The van der Waals surface area contributed by atoms with Gasteiger partial charge >= 0.3 is 0 Å². The Morgan fingerprint density at radius 3 is 2.67 bits per heavy atom. The highest BCUT2D eigenvalue weighted by atomic mass is 16.5. The molecular formula is C14H22N2O2. The van der Waals surface area contributed by atoms with E-state index in [4.69, 9.17) is 4.74 Å². The quantitative estimate of drug-likeness (QED) is 0.893. The SMILES string of the molecule is CCOC1(c2nc(CC)cc(=O)[nH]2)CCCCC1. The Labute approximate surface area is 108 Å². The molecule has 1 aliphatic carbocycles. The molecule has 0 aromatic carbocycles. The Hall–Kier alpha value is -1.16. The fraction of sp³-hybridized carbons (Fsp3) is 0.714. The summed E-state index contributed by atoms with van der Waals surface area (Å²) >= 11 is 0. The van der Waals surface area contributed by atoms with E-state index in [0.717, 1.165) is 43.6 Å². The van der Waals surface area contributed by atoms with E-state index in [2.05, 4.69) is 9.97 Å². The van der Waals surface area contributed by atoms with E-state index in [0.29, 0.717) is 6.61 Å². The van der Waals surface area contributed by atoms with Gasteiger partial charge in [0.05, 0.1) is 0 Å². The third kappa shape index (κ3) is 2.64. The van der Waals surface area contributed by atoms with E-state index in [1.54, 1.807) is 6.07 Å². The molecule has 0 unspecified atom stereocenters.